The molecule has 1 aliphatic carbocycles. The van der Waals surface area contributed by atoms with Crippen LogP contribution in [0.25, 0.3) is 0 Å². The topological polar surface area (TPSA) is 0 Å². The number of rotatable bonds is 12. The number of hydrogen-bond acceptors (Lipinski definition) is 2. The molecule has 2 heterocycles. The molecule has 4 atom stereocenters. The number of thioether (sulfide) groups is 2. The quantitative estimate of drug-likeness (QED) is 0.150. The average molecular weight is 668 g/mol. The van der Waals surface area contributed by atoms with E-state index < -0.39 is 0 Å². The second-order valence-electron chi connectivity index (χ2n) is 8.25. The van der Waals surface area contributed by atoms with Crippen molar-refractivity contribution in [2.75, 3.05) is 10.7 Å². The molecule has 27 heavy (non-hydrogen) atoms. The fraction of sp³-hybridized carbons (Fsp3) is 0.905. The van der Waals surface area contributed by atoms with Gasteiger partial charge >= 0.3 is 0 Å². The van der Waals surface area contributed by atoms with E-state index in [1.807, 2.05) is 5.57 Å². The lowest BCUT2D eigenvalue weighted by molar-refractivity contribution is 0.183. The Labute approximate surface area is 208 Å². The Morgan fingerprint density at radius 2 is 1.41 bits per heavy atom. The minimum Gasteiger partial charge on any atom is -0.138 e. The van der Waals surface area contributed by atoms with Crippen LogP contribution in [0.5, 0.6) is 0 Å². The summed E-state index contributed by atoms with van der Waals surface area (Å²) in [5.41, 5.74) is 2.39. The zero-order valence-corrected chi connectivity index (χ0v) is 24.0. The maximum absolute atomic E-state index is 3.97. The first-order valence-corrected chi connectivity index (χ1v) is 16.5. The van der Waals surface area contributed by atoms with Crippen LogP contribution in [0.1, 0.15) is 77.0 Å². The molecule has 1 saturated heterocycles. The van der Waals surface area contributed by atoms with Gasteiger partial charge in [0.15, 0.2) is 0 Å². The van der Waals surface area contributed by atoms with E-state index in [9.17, 15) is 0 Å². The van der Waals surface area contributed by atoms with Crippen molar-refractivity contribution in [1.29, 1.82) is 0 Å². The summed E-state index contributed by atoms with van der Waals surface area (Å²) < 4.78 is 1.29. The van der Waals surface area contributed by atoms with Crippen molar-refractivity contribution in [1.82, 2.24) is 0 Å². The normalized spacial score (nSPS) is 31.6. The van der Waals surface area contributed by atoms with Gasteiger partial charge < -0.3 is 0 Å². The summed E-state index contributed by atoms with van der Waals surface area (Å²) >= 11 is 19.5. The first kappa shape index (κ1) is 24.0. The van der Waals surface area contributed by atoms with E-state index in [2.05, 4.69) is 87.2 Å². The molecule has 0 nitrogen and oxygen atoms in total. The van der Waals surface area contributed by atoms with Crippen LogP contribution in [0.15, 0.2) is 10.5 Å². The number of alkyl halides is 4. The minimum atomic E-state index is 0.508. The molecule has 0 spiro atoms. The Balaban J connectivity index is 1.72. The zero-order valence-electron chi connectivity index (χ0n) is 16.0. The van der Waals surface area contributed by atoms with E-state index in [1.54, 1.807) is 4.91 Å². The lowest BCUT2D eigenvalue weighted by atomic mass is 9.65. The molecule has 4 unspecified atom stereocenters. The summed E-state index contributed by atoms with van der Waals surface area (Å²) in [7, 11) is 0. The van der Waals surface area contributed by atoms with Crippen LogP contribution < -0.4 is 0 Å². The van der Waals surface area contributed by atoms with Gasteiger partial charge in [0.05, 0.1) is 8.32 Å². The maximum atomic E-state index is 3.97. The van der Waals surface area contributed by atoms with Gasteiger partial charge in [0.1, 0.15) is 0 Å². The van der Waals surface area contributed by atoms with Crippen LogP contribution in [0.4, 0.5) is 0 Å². The fourth-order valence-electron chi connectivity index (χ4n) is 5.39. The smallest absolute Gasteiger partial charge is 0.0682 e. The standard InChI is InChI=1S/C21H32Br4S2/c22-11-7-3-1-5-9-21(10-6-2-4-8-12-23)15-13-17(24)26-19(15)20-16(21)14-18(25)27-20/h15,17-19H,1-14H2. The molecule has 0 amide bonds. The number of hydrogen-bond donors (Lipinski definition) is 0. The Hall–Kier alpha value is 2.36. The Morgan fingerprint density at radius 1 is 0.815 bits per heavy atom. The van der Waals surface area contributed by atoms with Crippen LogP contribution in [0.2, 0.25) is 0 Å². The summed E-state index contributed by atoms with van der Waals surface area (Å²) in [6.07, 6.45) is 16.6. The molecule has 6 heteroatoms. The maximum Gasteiger partial charge on any atom is 0.0682 e. The lowest BCUT2D eigenvalue weighted by Crippen LogP contribution is -2.32. The van der Waals surface area contributed by atoms with Crippen molar-refractivity contribution in [3.05, 3.63) is 10.5 Å². The molecule has 1 fully saturated rings. The van der Waals surface area contributed by atoms with Gasteiger partial charge in [-0.05, 0) is 54.8 Å². The van der Waals surface area contributed by atoms with Crippen LogP contribution in [-0.2, 0) is 0 Å². The van der Waals surface area contributed by atoms with Crippen LogP contribution >= 0.6 is 87.2 Å². The van der Waals surface area contributed by atoms with E-state index in [4.69, 9.17) is 0 Å². The van der Waals surface area contributed by atoms with Crippen LogP contribution in [0.3, 0.4) is 0 Å². The highest BCUT2D eigenvalue weighted by atomic mass is 79.9. The Morgan fingerprint density at radius 3 is 2.00 bits per heavy atom. The number of allylic oxidation sites excluding steroid dienone is 1. The molecular weight excluding hydrogens is 636 g/mol. The van der Waals surface area contributed by atoms with Gasteiger partial charge in [-0.3, -0.25) is 0 Å². The molecular formula is C21H32Br4S2. The van der Waals surface area contributed by atoms with E-state index in [0.717, 1.165) is 21.8 Å². The third-order valence-electron chi connectivity index (χ3n) is 6.60. The van der Waals surface area contributed by atoms with Crippen molar-refractivity contribution < 1.29 is 0 Å². The summed E-state index contributed by atoms with van der Waals surface area (Å²) in [5, 5.41) is 3.10. The summed E-state index contributed by atoms with van der Waals surface area (Å²) in [4.78, 5) is 1.79. The summed E-state index contributed by atoms with van der Waals surface area (Å²) in [6, 6.07) is 0. The molecule has 0 saturated carbocycles. The molecule has 2 aliphatic heterocycles. The number of fused-ring (bicyclic) bond motifs is 2. The highest BCUT2D eigenvalue weighted by molar-refractivity contribution is 9.11. The van der Waals surface area contributed by atoms with Crippen molar-refractivity contribution in [3.8, 4) is 0 Å². The molecule has 0 radical (unpaired) electrons. The van der Waals surface area contributed by atoms with E-state index >= 15 is 0 Å². The van der Waals surface area contributed by atoms with Crippen molar-refractivity contribution in [3.63, 3.8) is 0 Å². The first-order valence-electron chi connectivity index (χ1n) is 10.6. The van der Waals surface area contributed by atoms with E-state index in [-0.39, 0.29) is 0 Å². The van der Waals surface area contributed by atoms with Gasteiger partial charge in [0.25, 0.3) is 0 Å². The van der Waals surface area contributed by atoms with Gasteiger partial charge in [-0.15, -0.1) is 23.5 Å². The monoisotopic (exact) mass is 664 g/mol. The molecule has 0 aromatic heterocycles. The van der Waals surface area contributed by atoms with E-state index in [1.165, 1.54) is 77.0 Å². The van der Waals surface area contributed by atoms with Crippen LogP contribution in [-0.4, -0.2) is 24.2 Å². The molecule has 3 aliphatic rings. The molecule has 0 aromatic carbocycles. The fourth-order valence-corrected chi connectivity index (χ4v) is 11.3. The highest BCUT2D eigenvalue weighted by Gasteiger charge is 2.58. The van der Waals surface area contributed by atoms with Crippen LogP contribution in [0, 0.1) is 11.3 Å². The van der Waals surface area contributed by atoms with Gasteiger partial charge in [-0.1, -0.05) is 108 Å². The molecule has 0 bridgehead atoms. The summed E-state index contributed by atoms with van der Waals surface area (Å²) in [5.74, 6) is 0.886. The first-order chi connectivity index (χ1) is 13.1. The van der Waals surface area contributed by atoms with Crippen molar-refractivity contribution >= 4 is 87.2 Å². The van der Waals surface area contributed by atoms with E-state index in [0.29, 0.717) is 13.7 Å². The predicted molar refractivity (Wildman–Crippen MR) is 140 cm³/mol. The number of unbranched alkanes of at least 4 members (excludes halogenated alkanes) is 6. The van der Waals surface area contributed by atoms with Gasteiger partial charge in [-0.25, -0.2) is 0 Å². The second kappa shape index (κ2) is 11.8. The molecule has 0 N–H and O–H groups in total. The lowest BCUT2D eigenvalue weighted by Gasteiger charge is -2.39. The van der Waals surface area contributed by atoms with Gasteiger partial charge in [-0.2, -0.15) is 0 Å². The minimum absolute atomic E-state index is 0.508. The average Bonchev–Trinajstić information content (AvgIpc) is 3.27. The summed E-state index contributed by atoms with van der Waals surface area (Å²) in [6.45, 7) is 0. The molecule has 3 rings (SSSR count). The van der Waals surface area contributed by atoms with Crippen molar-refractivity contribution in [2.45, 2.75) is 90.6 Å². The van der Waals surface area contributed by atoms with Crippen molar-refractivity contribution in [2.24, 2.45) is 11.3 Å². The zero-order chi connectivity index (χ0) is 19.3. The predicted octanol–water partition coefficient (Wildman–Crippen LogP) is 9.63. The Kier molecular flexibility index (Phi) is 10.5. The third kappa shape index (κ3) is 5.79. The Bertz CT molecular complexity index is 496. The molecule has 156 valence electrons. The molecule has 0 aromatic rings. The number of halogens is 4. The second-order valence-corrected chi connectivity index (χ2v) is 15.8. The third-order valence-corrected chi connectivity index (χ3v) is 12.3. The highest BCUT2D eigenvalue weighted by Crippen LogP contribution is 2.69. The van der Waals surface area contributed by atoms with Gasteiger partial charge in [0, 0.05) is 15.9 Å². The van der Waals surface area contributed by atoms with Gasteiger partial charge in [0.2, 0.25) is 0 Å². The largest absolute Gasteiger partial charge is 0.138 e. The SMILES string of the molecule is BrCCCCCCC1(CCCCCCBr)C2=C(SC(Br)C2)C2SC(Br)CC21.